The Hall–Kier alpha value is -4.13. The Morgan fingerprint density at radius 3 is 1.45 bits per heavy atom. The Labute approximate surface area is 193 Å². The van der Waals surface area contributed by atoms with Crippen molar-refractivity contribution in [2.75, 3.05) is 25.2 Å². The first-order chi connectivity index (χ1) is 16.0. The largest absolute Gasteiger partial charge is 0.497 e. The average Bonchev–Trinajstić information content (AvgIpc) is 2.85. The van der Waals surface area contributed by atoms with E-state index in [0.717, 1.165) is 0 Å². The number of nitrogens with zero attached hydrogens (tertiary/aromatic N) is 1. The zero-order valence-electron chi connectivity index (χ0n) is 18.8. The number of hydrogen-bond acceptors (Lipinski definition) is 6. The highest BCUT2D eigenvalue weighted by Crippen LogP contribution is 2.29. The van der Waals surface area contributed by atoms with Gasteiger partial charge in [0, 0.05) is 16.9 Å². The summed E-state index contributed by atoms with van der Waals surface area (Å²) >= 11 is 0. The van der Waals surface area contributed by atoms with Crippen molar-refractivity contribution < 1.29 is 23.8 Å². The van der Waals surface area contributed by atoms with Crippen molar-refractivity contribution >= 4 is 29.1 Å². The molecule has 7 heteroatoms. The van der Waals surface area contributed by atoms with E-state index in [1.54, 1.807) is 98.7 Å². The smallest absolute Gasteiger partial charge is 0.338 e. The molecular formula is C26H26N2O5. The van der Waals surface area contributed by atoms with Gasteiger partial charge in [0.2, 0.25) is 0 Å². The highest BCUT2D eigenvalue weighted by atomic mass is 16.5. The van der Waals surface area contributed by atoms with Gasteiger partial charge in [-0.25, -0.2) is 9.59 Å². The van der Waals surface area contributed by atoms with E-state index in [0.29, 0.717) is 47.0 Å². The fourth-order valence-corrected chi connectivity index (χ4v) is 3.21. The Morgan fingerprint density at radius 2 is 1.09 bits per heavy atom. The molecule has 170 valence electrons. The summed E-state index contributed by atoms with van der Waals surface area (Å²) in [4.78, 5) is 25.8. The lowest BCUT2D eigenvalue weighted by molar-refractivity contribution is 0.0517. The van der Waals surface area contributed by atoms with Crippen LogP contribution in [0.15, 0.2) is 72.8 Å². The van der Waals surface area contributed by atoms with Gasteiger partial charge in [-0.15, -0.1) is 0 Å². The predicted molar refractivity (Wildman–Crippen MR) is 127 cm³/mol. The van der Waals surface area contributed by atoms with Gasteiger partial charge in [0.15, 0.2) is 0 Å². The van der Waals surface area contributed by atoms with Gasteiger partial charge in [-0.1, -0.05) is 0 Å². The third kappa shape index (κ3) is 5.57. The van der Waals surface area contributed by atoms with Crippen molar-refractivity contribution in [3.8, 4) is 5.75 Å². The lowest BCUT2D eigenvalue weighted by atomic mass is 10.1. The number of hydrogen-bond donors (Lipinski definition) is 1. The molecule has 7 nitrogen and oxygen atoms in total. The lowest BCUT2D eigenvalue weighted by Gasteiger charge is -2.26. The van der Waals surface area contributed by atoms with Crippen LogP contribution in [0.25, 0.3) is 0 Å². The van der Waals surface area contributed by atoms with Crippen LogP contribution >= 0.6 is 0 Å². The second-order valence-electron chi connectivity index (χ2n) is 6.95. The summed E-state index contributed by atoms with van der Waals surface area (Å²) in [5, 5.41) is 8.90. The number of carbonyl (C=O) groups is 2. The van der Waals surface area contributed by atoms with Crippen molar-refractivity contribution in [1.29, 1.82) is 5.41 Å². The minimum absolute atomic E-state index is 0.213. The molecule has 0 fully saturated rings. The third-order valence-corrected chi connectivity index (χ3v) is 4.86. The van der Waals surface area contributed by atoms with Crippen LogP contribution in [0.1, 0.15) is 40.1 Å². The van der Waals surface area contributed by atoms with Crippen LogP contribution < -0.4 is 9.64 Å². The molecule has 0 radical (unpaired) electrons. The van der Waals surface area contributed by atoms with Gasteiger partial charge in [-0.05, 0) is 86.6 Å². The molecule has 0 saturated carbocycles. The first-order valence-corrected chi connectivity index (χ1v) is 10.6. The molecule has 0 aromatic heterocycles. The summed E-state index contributed by atoms with van der Waals surface area (Å²) in [5.41, 5.74) is 2.86. The van der Waals surface area contributed by atoms with Crippen LogP contribution in [0.4, 0.5) is 11.4 Å². The van der Waals surface area contributed by atoms with Crippen LogP contribution in [-0.2, 0) is 9.47 Å². The molecule has 0 heterocycles. The van der Waals surface area contributed by atoms with E-state index < -0.39 is 11.9 Å². The maximum atomic E-state index is 12.0. The van der Waals surface area contributed by atoms with E-state index in [1.807, 2.05) is 0 Å². The quantitative estimate of drug-likeness (QED) is 0.290. The Morgan fingerprint density at radius 1 is 0.697 bits per heavy atom. The number of benzene rings is 3. The average molecular weight is 447 g/mol. The Kier molecular flexibility index (Phi) is 7.81. The molecule has 0 saturated heterocycles. The SMILES string of the molecule is CCOC(=O)c1ccc(N(C(=N)c2ccc(OC)cc2)c2ccc(C(=O)OCC)cc2)cc1. The molecule has 0 aliphatic rings. The molecule has 0 aliphatic heterocycles. The van der Waals surface area contributed by atoms with Crippen LogP contribution in [0.2, 0.25) is 0 Å². The third-order valence-electron chi connectivity index (χ3n) is 4.86. The van der Waals surface area contributed by atoms with Crippen LogP contribution in [-0.4, -0.2) is 38.1 Å². The van der Waals surface area contributed by atoms with Gasteiger partial charge in [-0.3, -0.25) is 10.3 Å². The Balaban J connectivity index is 1.99. The number of carbonyl (C=O) groups excluding carboxylic acids is 2. The molecule has 33 heavy (non-hydrogen) atoms. The van der Waals surface area contributed by atoms with E-state index in [4.69, 9.17) is 19.6 Å². The minimum atomic E-state index is -0.403. The number of amidine groups is 1. The minimum Gasteiger partial charge on any atom is -0.497 e. The van der Waals surface area contributed by atoms with Crippen LogP contribution in [0, 0.1) is 5.41 Å². The number of esters is 2. The molecule has 0 spiro atoms. The van der Waals surface area contributed by atoms with Gasteiger partial charge in [-0.2, -0.15) is 0 Å². The van der Waals surface area contributed by atoms with Crippen molar-refractivity contribution in [1.82, 2.24) is 0 Å². The fourth-order valence-electron chi connectivity index (χ4n) is 3.21. The summed E-state index contributed by atoms with van der Waals surface area (Å²) in [7, 11) is 1.59. The number of nitrogens with one attached hydrogen (secondary N) is 1. The highest BCUT2D eigenvalue weighted by molar-refractivity contribution is 6.12. The number of rotatable bonds is 8. The van der Waals surface area contributed by atoms with Crippen molar-refractivity contribution in [3.05, 3.63) is 89.5 Å². The Bertz CT molecular complexity index is 1050. The van der Waals surface area contributed by atoms with Gasteiger partial charge >= 0.3 is 11.9 Å². The highest BCUT2D eigenvalue weighted by Gasteiger charge is 2.19. The first kappa shape index (κ1) is 23.5. The zero-order valence-corrected chi connectivity index (χ0v) is 18.8. The van der Waals surface area contributed by atoms with E-state index in [1.165, 1.54) is 0 Å². The van der Waals surface area contributed by atoms with Crippen molar-refractivity contribution in [3.63, 3.8) is 0 Å². The lowest BCUT2D eigenvalue weighted by Crippen LogP contribution is -2.26. The molecule has 0 unspecified atom stereocenters. The normalized spacial score (nSPS) is 10.3. The summed E-state index contributed by atoms with van der Waals surface area (Å²) in [5.74, 6) is 0.0975. The van der Waals surface area contributed by atoms with Crippen LogP contribution in [0.5, 0.6) is 5.75 Å². The molecule has 3 aromatic carbocycles. The van der Waals surface area contributed by atoms with Crippen LogP contribution in [0.3, 0.4) is 0 Å². The van der Waals surface area contributed by atoms with Gasteiger partial charge in [0.05, 0.1) is 31.5 Å². The van der Waals surface area contributed by atoms with Gasteiger partial charge in [0.25, 0.3) is 0 Å². The predicted octanol–water partition coefficient (Wildman–Crippen LogP) is 5.21. The standard InChI is InChI=1S/C26H26N2O5/c1-4-32-25(29)19-6-12-21(13-7-19)28(24(27)18-10-16-23(31-3)17-11-18)22-14-8-20(9-15-22)26(30)33-5-2/h6-17,27H,4-5H2,1-3H3. The summed E-state index contributed by atoms with van der Waals surface area (Å²) in [6.07, 6.45) is 0. The second kappa shape index (κ2) is 10.9. The van der Waals surface area contributed by atoms with E-state index in [9.17, 15) is 9.59 Å². The molecule has 0 amide bonds. The summed E-state index contributed by atoms with van der Waals surface area (Å²) in [6, 6.07) is 20.8. The first-order valence-electron chi connectivity index (χ1n) is 10.6. The number of methoxy groups -OCH3 is 1. The van der Waals surface area contributed by atoms with Crippen molar-refractivity contribution in [2.24, 2.45) is 0 Å². The van der Waals surface area contributed by atoms with Gasteiger partial charge in [0.1, 0.15) is 11.6 Å². The summed E-state index contributed by atoms with van der Waals surface area (Å²) < 4.78 is 15.3. The van der Waals surface area contributed by atoms with E-state index in [2.05, 4.69) is 0 Å². The molecule has 0 aliphatic carbocycles. The molecule has 3 rings (SSSR count). The van der Waals surface area contributed by atoms with Gasteiger partial charge < -0.3 is 14.2 Å². The molecule has 1 N–H and O–H groups in total. The maximum absolute atomic E-state index is 12.0. The molecular weight excluding hydrogens is 420 g/mol. The maximum Gasteiger partial charge on any atom is 0.338 e. The summed E-state index contributed by atoms with van der Waals surface area (Å²) in [6.45, 7) is 4.09. The zero-order chi connectivity index (χ0) is 23.8. The monoisotopic (exact) mass is 446 g/mol. The molecule has 0 bridgehead atoms. The molecule has 3 aromatic rings. The number of ether oxygens (including phenoxy) is 3. The number of anilines is 2. The van der Waals surface area contributed by atoms with E-state index in [-0.39, 0.29) is 5.84 Å². The topological polar surface area (TPSA) is 88.9 Å². The molecule has 0 atom stereocenters. The second-order valence-corrected chi connectivity index (χ2v) is 6.95. The fraction of sp³-hybridized carbons (Fsp3) is 0.192. The van der Waals surface area contributed by atoms with Crippen molar-refractivity contribution in [2.45, 2.75) is 13.8 Å². The van der Waals surface area contributed by atoms with E-state index >= 15 is 0 Å².